The monoisotopic (exact) mass is 363 g/mol. The molecule has 0 amide bonds. The Kier molecular flexibility index (Phi) is 4.64. The molecule has 0 atom stereocenters. The molecule has 106 valence electrons. The van der Waals surface area contributed by atoms with Crippen molar-refractivity contribution < 1.29 is 0 Å². The number of nitrogens with zero attached hydrogens (tertiary/aromatic N) is 1. The zero-order valence-electron chi connectivity index (χ0n) is 12.0. The minimum atomic E-state index is -3.16. The van der Waals surface area contributed by atoms with Gasteiger partial charge in [0.25, 0.3) is 0 Å². The number of thiocarbonyl (C=S) groups is 1. The molecular weight excluding hydrogens is 347 g/mol. The summed E-state index contributed by atoms with van der Waals surface area (Å²) in [5, 5.41) is 2.70. The van der Waals surface area contributed by atoms with Gasteiger partial charge in [0.05, 0.1) is 0 Å². The molecule has 0 saturated heterocycles. The second-order valence-corrected chi connectivity index (χ2v) is 12.3. The van der Waals surface area contributed by atoms with Crippen molar-refractivity contribution in [2.24, 2.45) is 3.95 Å². The standard InChI is InChI=1S/C19H15GeNS/c22-16-21-20(17-10-4-1-5-11-17,18-12-6-2-7-13-18)19-14-8-3-9-15-19/h1-15H. The van der Waals surface area contributed by atoms with Crippen LogP contribution < -0.4 is 13.2 Å². The predicted octanol–water partition coefficient (Wildman–Crippen LogP) is 2.76. The molecular formula is C19H15GeNS. The Bertz CT molecular complexity index is 685. The molecule has 0 unspecified atom stereocenters. The summed E-state index contributed by atoms with van der Waals surface area (Å²) >= 11 is 1.87. The summed E-state index contributed by atoms with van der Waals surface area (Å²) in [7, 11) is 0. The normalized spacial score (nSPS) is 10.7. The van der Waals surface area contributed by atoms with Crippen molar-refractivity contribution in [3.8, 4) is 0 Å². The molecule has 0 bridgehead atoms. The molecule has 0 saturated carbocycles. The molecule has 0 aliphatic heterocycles. The van der Waals surface area contributed by atoms with Crippen LogP contribution in [0.15, 0.2) is 94.9 Å². The van der Waals surface area contributed by atoms with E-state index in [2.05, 4.69) is 78.0 Å². The van der Waals surface area contributed by atoms with Gasteiger partial charge in [0.15, 0.2) is 0 Å². The van der Waals surface area contributed by atoms with E-state index in [1.54, 1.807) is 0 Å². The zero-order chi connectivity index (χ0) is 15.3. The summed E-state index contributed by atoms with van der Waals surface area (Å²) < 4.78 is 8.60. The van der Waals surface area contributed by atoms with Gasteiger partial charge in [0.2, 0.25) is 0 Å². The number of hydrogen-bond donors (Lipinski definition) is 0. The van der Waals surface area contributed by atoms with Crippen LogP contribution in [-0.4, -0.2) is 18.6 Å². The van der Waals surface area contributed by atoms with E-state index in [0.29, 0.717) is 0 Å². The van der Waals surface area contributed by atoms with Crippen molar-refractivity contribution in [3.05, 3.63) is 91.0 Å². The summed E-state index contributed by atoms with van der Waals surface area (Å²) in [6.45, 7) is 0. The summed E-state index contributed by atoms with van der Waals surface area (Å²) in [4.78, 5) is 0. The Morgan fingerprint density at radius 1 is 0.591 bits per heavy atom. The average Bonchev–Trinajstić information content (AvgIpc) is 2.62. The predicted molar refractivity (Wildman–Crippen MR) is 99.0 cm³/mol. The third-order valence-corrected chi connectivity index (χ3v) is 12.5. The van der Waals surface area contributed by atoms with Gasteiger partial charge >= 0.3 is 139 Å². The fraction of sp³-hybridized carbons (Fsp3) is 0. The van der Waals surface area contributed by atoms with Gasteiger partial charge in [-0.05, 0) is 0 Å². The van der Waals surface area contributed by atoms with E-state index in [4.69, 9.17) is 16.2 Å². The number of benzene rings is 3. The van der Waals surface area contributed by atoms with Crippen LogP contribution in [0.1, 0.15) is 0 Å². The first-order chi connectivity index (χ1) is 10.9. The van der Waals surface area contributed by atoms with Crippen molar-refractivity contribution in [2.75, 3.05) is 0 Å². The summed E-state index contributed by atoms with van der Waals surface area (Å²) in [6, 6.07) is 31.5. The van der Waals surface area contributed by atoms with Crippen molar-refractivity contribution in [1.82, 2.24) is 0 Å². The van der Waals surface area contributed by atoms with Gasteiger partial charge < -0.3 is 0 Å². The van der Waals surface area contributed by atoms with Gasteiger partial charge in [-0.3, -0.25) is 0 Å². The Hall–Kier alpha value is -2.00. The van der Waals surface area contributed by atoms with Crippen molar-refractivity contribution in [3.63, 3.8) is 0 Å². The van der Waals surface area contributed by atoms with Gasteiger partial charge in [-0.2, -0.15) is 0 Å². The molecule has 0 aliphatic carbocycles. The summed E-state index contributed by atoms with van der Waals surface area (Å²) in [6.07, 6.45) is 0. The van der Waals surface area contributed by atoms with Crippen LogP contribution in [0.3, 0.4) is 0 Å². The van der Waals surface area contributed by atoms with Crippen LogP contribution in [-0.2, 0) is 0 Å². The van der Waals surface area contributed by atoms with E-state index in [1.165, 1.54) is 13.2 Å². The third kappa shape index (κ3) is 2.69. The van der Waals surface area contributed by atoms with Crippen LogP contribution in [0.4, 0.5) is 0 Å². The number of hydrogen-bond acceptors (Lipinski definition) is 2. The van der Waals surface area contributed by atoms with Crippen molar-refractivity contribution in [1.29, 1.82) is 0 Å². The van der Waals surface area contributed by atoms with Crippen LogP contribution >= 0.6 is 12.2 Å². The summed E-state index contributed by atoms with van der Waals surface area (Å²) in [5.74, 6) is 0. The number of isothiocyanates is 1. The molecule has 22 heavy (non-hydrogen) atoms. The van der Waals surface area contributed by atoms with Gasteiger partial charge in [-0.15, -0.1) is 0 Å². The van der Waals surface area contributed by atoms with Crippen molar-refractivity contribution in [2.45, 2.75) is 0 Å². The van der Waals surface area contributed by atoms with Gasteiger partial charge in [0.1, 0.15) is 0 Å². The average molecular weight is 362 g/mol. The van der Waals surface area contributed by atoms with Crippen LogP contribution in [0.25, 0.3) is 0 Å². The Morgan fingerprint density at radius 2 is 0.909 bits per heavy atom. The quantitative estimate of drug-likeness (QED) is 0.395. The molecule has 0 N–H and O–H groups in total. The second kappa shape index (κ2) is 6.84. The maximum absolute atomic E-state index is 5.03. The number of rotatable bonds is 4. The van der Waals surface area contributed by atoms with E-state index < -0.39 is 13.5 Å². The van der Waals surface area contributed by atoms with Gasteiger partial charge in [-0.1, -0.05) is 0 Å². The van der Waals surface area contributed by atoms with E-state index in [1.807, 2.05) is 18.2 Å². The van der Waals surface area contributed by atoms with E-state index >= 15 is 0 Å². The van der Waals surface area contributed by atoms with Crippen LogP contribution in [0.2, 0.25) is 0 Å². The topological polar surface area (TPSA) is 12.4 Å². The summed E-state index contributed by atoms with van der Waals surface area (Å²) in [5.41, 5.74) is 0. The molecule has 3 aromatic rings. The molecule has 0 aromatic heterocycles. The first-order valence-corrected chi connectivity index (χ1v) is 11.6. The van der Waals surface area contributed by atoms with Gasteiger partial charge in [-0.25, -0.2) is 0 Å². The minimum absolute atomic E-state index is 1.26. The van der Waals surface area contributed by atoms with Crippen LogP contribution in [0, 0.1) is 0 Å². The maximum atomic E-state index is 5.03. The molecule has 0 aliphatic rings. The second-order valence-electron chi connectivity index (χ2n) is 5.01. The molecule has 3 heteroatoms. The Morgan fingerprint density at radius 3 is 1.18 bits per heavy atom. The third-order valence-electron chi connectivity index (χ3n) is 3.79. The molecule has 3 aromatic carbocycles. The molecule has 0 fully saturated rings. The van der Waals surface area contributed by atoms with Crippen LogP contribution in [0.5, 0.6) is 0 Å². The molecule has 3 rings (SSSR count). The molecule has 0 heterocycles. The molecule has 0 radical (unpaired) electrons. The SMILES string of the molecule is S=C=[N][Ge]([c]1ccccc1)([c]1ccccc1)[c]1ccccc1. The van der Waals surface area contributed by atoms with Crippen molar-refractivity contribution >= 4 is 44.1 Å². The first-order valence-electron chi connectivity index (χ1n) is 7.13. The fourth-order valence-corrected chi connectivity index (χ4v) is 11.0. The van der Waals surface area contributed by atoms with E-state index in [9.17, 15) is 0 Å². The van der Waals surface area contributed by atoms with E-state index in [0.717, 1.165) is 0 Å². The molecule has 0 spiro atoms. The zero-order valence-corrected chi connectivity index (χ0v) is 14.9. The van der Waals surface area contributed by atoms with Gasteiger partial charge in [0, 0.05) is 0 Å². The molecule has 1 nitrogen and oxygen atoms in total. The Labute approximate surface area is 138 Å². The first kappa shape index (κ1) is 14.9. The fourth-order valence-electron chi connectivity index (χ4n) is 2.80. The Balaban J connectivity index is 2.37. The van der Waals surface area contributed by atoms with E-state index in [-0.39, 0.29) is 0 Å².